The minimum absolute atomic E-state index is 0.145. The van der Waals surface area contributed by atoms with Crippen molar-refractivity contribution in [3.63, 3.8) is 0 Å². The maximum absolute atomic E-state index is 11.4. The first kappa shape index (κ1) is 19.0. The van der Waals surface area contributed by atoms with Crippen LogP contribution in [0.4, 0.5) is 0 Å². The molecule has 0 spiro atoms. The molecule has 22 heavy (non-hydrogen) atoms. The predicted octanol–water partition coefficient (Wildman–Crippen LogP) is 3.85. The van der Waals surface area contributed by atoms with E-state index in [1.807, 2.05) is 0 Å². The molecule has 1 aliphatic heterocycles. The first-order valence-electron chi connectivity index (χ1n) is 5.42. The van der Waals surface area contributed by atoms with Gasteiger partial charge in [0.15, 0.2) is 0 Å². The lowest BCUT2D eigenvalue weighted by molar-refractivity contribution is -0.136. The summed E-state index contributed by atoms with van der Waals surface area (Å²) in [6.45, 7) is 0. The summed E-state index contributed by atoms with van der Waals surface area (Å²) in [6.07, 6.45) is -2.59. The normalized spacial score (nSPS) is 22.9. The SMILES string of the molecule is NS(=O)(=O)c1ccc2c(c1)C(C(Cl)(Cl)Cl)OC(C(Cl)(Cl)Cl)O2. The van der Waals surface area contributed by atoms with Crippen LogP contribution in [0.3, 0.4) is 0 Å². The summed E-state index contributed by atoms with van der Waals surface area (Å²) in [5.41, 5.74) is 0.150. The van der Waals surface area contributed by atoms with Crippen molar-refractivity contribution in [1.82, 2.24) is 0 Å². The Labute approximate surface area is 156 Å². The topological polar surface area (TPSA) is 78.6 Å². The van der Waals surface area contributed by atoms with Crippen molar-refractivity contribution in [3.8, 4) is 5.75 Å². The number of primary sulfonamides is 1. The zero-order chi connectivity index (χ0) is 16.9. The lowest BCUT2D eigenvalue weighted by atomic mass is 10.1. The Balaban J connectivity index is 2.57. The van der Waals surface area contributed by atoms with E-state index in [2.05, 4.69) is 0 Å². The second-order valence-electron chi connectivity index (χ2n) is 4.29. The molecule has 2 rings (SSSR count). The van der Waals surface area contributed by atoms with Gasteiger partial charge in [0.05, 0.1) is 4.90 Å². The summed E-state index contributed by atoms with van der Waals surface area (Å²) in [7, 11) is -3.97. The van der Waals surface area contributed by atoms with Crippen molar-refractivity contribution in [2.45, 2.75) is 24.9 Å². The van der Waals surface area contributed by atoms with Gasteiger partial charge in [0.25, 0.3) is 3.79 Å². The van der Waals surface area contributed by atoms with E-state index in [0.717, 1.165) is 0 Å². The Hall–Kier alpha value is 0.630. The van der Waals surface area contributed by atoms with Gasteiger partial charge in [-0.15, -0.1) is 0 Å². The van der Waals surface area contributed by atoms with Crippen LogP contribution in [0, 0.1) is 0 Å². The molecule has 0 saturated heterocycles. The molecule has 5 nitrogen and oxygen atoms in total. The average molecular weight is 450 g/mol. The van der Waals surface area contributed by atoms with Crippen LogP contribution in [0.25, 0.3) is 0 Å². The smallest absolute Gasteiger partial charge is 0.252 e. The number of hydrogen-bond donors (Lipinski definition) is 1. The molecule has 124 valence electrons. The largest absolute Gasteiger partial charge is 0.460 e. The molecule has 2 atom stereocenters. The van der Waals surface area contributed by atoms with Gasteiger partial charge in [-0.3, -0.25) is 0 Å². The maximum Gasteiger partial charge on any atom is 0.252 e. The lowest BCUT2D eigenvalue weighted by Gasteiger charge is -2.38. The fraction of sp³-hybridized carbons (Fsp3) is 0.400. The second kappa shape index (κ2) is 6.17. The Morgan fingerprint density at radius 1 is 1.05 bits per heavy atom. The van der Waals surface area contributed by atoms with E-state index in [0.29, 0.717) is 0 Å². The lowest BCUT2D eigenvalue weighted by Crippen LogP contribution is -2.42. The second-order valence-corrected chi connectivity index (χ2v) is 10.6. The van der Waals surface area contributed by atoms with E-state index in [-0.39, 0.29) is 16.2 Å². The molecule has 2 unspecified atom stereocenters. The summed E-state index contributed by atoms with van der Waals surface area (Å²) in [5, 5.41) is 5.07. The van der Waals surface area contributed by atoms with Crippen LogP contribution in [0.2, 0.25) is 0 Å². The first-order chi connectivity index (χ1) is 9.80. The number of fused-ring (bicyclic) bond motifs is 1. The molecule has 1 aliphatic rings. The molecular weight excluding hydrogens is 443 g/mol. The molecule has 0 radical (unpaired) electrons. The quantitative estimate of drug-likeness (QED) is 0.660. The Morgan fingerprint density at radius 3 is 2.09 bits per heavy atom. The van der Waals surface area contributed by atoms with E-state index in [1.54, 1.807) is 0 Å². The average Bonchev–Trinajstić information content (AvgIpc) is 2.33. The van der Waals surface area contributed by atoms with E-state index in [1.165, 1.54) is 18.2 Å². The number of nitrogens with two attached hydrogens (primary N) is 1. The van der Waals surface area contributed by atoms with Crippen LogP contribution in [0.15, 0.2) is 23.1 Å². The standard InChI is InChI=1S/C10H7Cl6NO4S/c11-9(12,13)7-5-3-4(22(17,18)19)1-2-6(5)20-8(21-7)10(14,15)16/h1-3,7-8H,(H2,17,18,19). The molecular formula is C10H7Cl6NO4S. The fourth-order valence-corrected chi connectivity index (χ4v) is 3.10. The van der Waals surface area contributed by atoms with E-state index in [4.69, 9.17) is 84.2 Å². The first-order valence-corrected chi connectivity index (χ1v) is 9.24. The fourth-order valence-electron chi connectivity index (χ4n) is 1.75. The highest BCUT2D eigenvalue weighted by atomic mass is 35.6. The number of hydrogen-bond acceptors (Lipinski definition) is 4. The van der Waals surface area contributed by atoms with Crippen molar-refractivity contribution in [1.29, 1.82) is 0 Å². The number of sulfonamides is 1. The Morgan fingerprint density at radius 2 is 1.64 bits per heavy atom. The van der Waals surface area contributed by atoms with Crippen LogP contribution >= 0.6 is 69.6 Å². The van der Waals surface area contributed by atoms with Gasteiger partial charge in [-0.1, -0.05) is 69.6 Å². The van der Waals surface area contributed by atoms with Crippen molar-refractivity contribution in [3.05, 3.63) is 23.8 Å². The summed E-state index contributed by atoms with van der Waals surface area (Å²) < 4.78 is 29.7. The third kappa shape index (κ3) is 4.18. The molecule has 0 bridgehead atoms. The number of rotatable bonds is 1. The van der Waals surface area contributed by atoms with Crippen LogP contribution in [-0.4, -0.2) is 22.3 Å². The molecule has 1 heterocycles. The van der Waals surface area contributed by atoms with Crippen molar-refractivity contribution in [2.75, 3.05) is 0 Å². The van der Waals surface area contributed by atoms with Crippen molar-refractivity contribution < 1.29 is 17.9 Å². The van der Waals surface area contributed by atoms with Gasteiger partial charge in [-0.05, 0) is 18.2 Å². The zero-order valence-corrected chi connectivity index (χ0v) is 15.6. The summed E-state index contributed by atoms with van der Waals surface area (Å²) >= 11 is 34.8. The van der Waals surface area contributed by atoms with Crippen molar-refractivity contribution in [2.24, 2.45) is 5.14 Å². The summed E-state index contributed by atoms with van der Waals surface area (Å²) in [5.74, 6) is 0.145. The molecule has 0 aliphatic carbocycles. The maximum atomic E-state index is 11.4. The van der Waals surface area contributed by atoms with Crippen LogP contribution in [-0.2, 0) is 14.8 Å². The molecule has 0 aromatic heterocycles. The van der Waals surface area contributed by atoms with Crippen molar-refractivity contribution >= 4 is 79.6 Å². The molecule has 1 aromatic rings. The van der Waals surface area contributed by atoms with Gasteiger partial charge < -0.3 is 9.47 Å². The number of alkyl halides is 6. The highest BCUT2D eigenvalue weighted by molar-refractivity contribution is 7.89. The highest BCUT2D eigenvalue weighted by Crippen LogP contribution is 2.51. The third-order valence-electron chi connectivity index (χ3n) is 2.65. The van der Waals surface area contributed by atoms with Crippen LogP contribution in [0.5, 0.6) is 5.75 Å². The van der Waals surface area contributed by atoms with Crippen LogP contribution < -0.4 is 9.88 Å². The molecule has 2 N–H and O–H groups in total. The van der Waals surface area contributed by atoms with Gasteiger partial charge in [-0.25, -0.2) is 13.6 Å². The summed E-state index contributed by atoms with van der Waals surface area (Å²) in [4.78, 5) is -0.204. The van der Waals surface area contributed by atoms with Gasteiger partial charge in [0.1, 0.15) is 11.9 Å². The molecule has 0 fully saturated rings. The zero-order valence-electron chi connectivity index (χ0n) is 10.3. The molecule has 0 amide bonds. The Kier molecular flexibility index (Phi) is 5.32. The van der Waals surface area contributed by atoms with Gasteiger partial charge >= 0.3 is 0 Å². The molecule has 12 heteroatoms. The highest BCUT2D eigenvalue weighted by Gasteiger charge is 2.48. The van der Waals surface area contributed by atoms with Crippen LogP contribution in [0.1, 0.15) is 11.7 Å². The van der Waals surface area contributed by atoms with E-state index >= 15 is 0 Å². The van der Waals surface area contributed by atoms with Gasteiger partial charge in [0, 0.05) is 5.56 Å². The van der Waals surface area contributed by atoms with E-state index in [9.17, 15) is 8.42 Å². The third-order valence-corrected chi connectivity index (χ3v) is 4.69. The minimum Gasteiger partial charge on any atom is -0.460 e. The number of benzene rings is 1. The number of halogens is 6. The molecule has 0 saturated carbocycles. The van der Waals surface area contributed by atoms with Gasteiger partial charge in [0.2, 0.25) is 20.1 Å². The van der Waals surface area contributed by atoms with E-state index < -0.39 is 30.0 Å². The monoisotopic (exact) mass is 447 g/mol. The predicted molar refractivity (Wildman–Crippen MR) is 86.6 cm³/mol. The Bertz CT molecular complexity index is 684. The van der Waals surface area contributed by atoms with Gasteiger partial charge in [-0.2, -0.15) is 0 Å². The minimum atomic E-state index is -3.97. The molecule has 1 aromatic carbocycles. The number of ether oxygens (including phenoxy) is 2. The summed E-state index contributed by atoms with van der Waals surface area (Å²) in [6, 6.07) is 3.70.